The Morgan fingerprint density at radius 1 is 1.47 bits per heavy atom. The number of halogens is 1. The van der Waals surface area contributed by atoms with Gasteiger partial charge in [0.15, 0.2) is 5.82 Å². The summed E-state index contributed by atoms with van der Waals surface area (Å²) in [5, 5.41) is 17.6. The number of aliphatic hydroxyl groups excluding tert-OH is 1. The van der Waals surface area contributed by atoms with Gasteiger partial charge in [-0.05, 0) is 17.7 Å². The van der Waals surface area contributed by atoms with E-state index in [0.29, 0.717) is 5.82 Å². The van der Waals surface area contributed by atoms with E-state index in [1.165, 1.54) is 0 Å². The van der Waals surface area contributed by atoms with Gasteiger partial charge in [-0.15, -0.1) is 10.2 Å². The highest BCUT2D eigenvalue weighted by molar-refractivity contribution is 9.10. The molecule has 1 aromatic heterocycles. The van der Waals surface area contributed by atoms with Crippen LogP contribution in [-0.4, -0.2) is 19.9 Å². The zero-order valence-electron chi connectivity index (χ0n) is 8.13. The highest BCUT2D eigenvalue weighted by Gasteiger charge is 2.15. The molecule has 1 N–H and O–H groups in total. The third kappa shape index (κ3) is 2.08. The number of benzene rings is 1. The van der Waals surface area contributed by atoms with Gasteiger partial charge in [0.1, 0.15) is 12.4 Å². The normalized spacial score (nSPS) is 12.7. The SMILES string of the molecule is Cn1cnnc1C(O)c1cccc(Br)c1. The lowest BCUT2D eigenvalue weighted by molar-refractivity contribution is 0.205. The van der Waals surface area contributed by atoms with Gasteiger partial charge in [-0.2, -0.15) is 0 Å². The van der Waals surface area contributed by atoms with E-state index in [-0.39, 0.29) is 0 Å². The third-order valence-corrected chi connectivity index (χ3v) is 2.65. The first kappa shape index (κ1) is 10.3. The van der Waals surface area contributed by atoms with Crippen LogP contribution in [0.5, 0.6) is 0 Å². The number of hydrogen-bond donors (Lipinski definition) is 1. The number of hydrogen-bond acceptors (Lipinski definition) is 3. The number of rotatable bonds is 2. The van der Waals surface area contributed by atoms with Crippen LogP contribution in [0.4, 0.5) is 0 Å². The number of nitrogens with zero attached hydrogens (tertiary/aromatic N) is 3. The van der Waals surface area contributed by atoms with Gasteiger partial charge in [0.05, 0.1) is 0 Å². The van der Waals surface area contributed by atoms with Crippen molar-refractivity contribution in [2.24, 2.45) is 7.05 Å². The molecule has 0 radical (unpaired) electrons. The van der Waals surface area contributed by atoms with Crippen LogP contribution >= 0.6 is 15.9 Å². The molecular formula is C10H10BrN3O. The first-order valence-electron chi connectivity index (χ1n) is 4.46. The second kappa shape index (κ2) is 4.12. The van der Waals surface area contributed by atoms with Crippen molar-refractivity contribution >= 4 is 15.9 Å². The van der Waals surface area contributed by atoms with Crippen molar-refractivity contribution in [1.29, 1.82) is 0 Å². The van der Waals surface area contributed by atoms with Gasteiger partial charge in [-0.1, -0.05) is 28.1 Å². The Morgan fingerprint density at radius 3 is 2.87 bits per heavy atom. The molecule has 0 aliphatic carbocycles. The van der Waals surface area contributed by atoms with Crippen LogP contribution in [0.3, 0.4) is 0 Å². The minimum Gasteiger partial charge on any atom is -0.380 e. The summed E-state index contributed by atoms with van der Waals surface area (Å²) in [6.07, 6.45) is 0.825. The van der Waals surface area contributed by atoms with E-state index in [1.807, 2.05) is 24.3 Å². The molecule has 0 aliphatic heterocycles. The first-order valence-corrected chi connectivity index (χ1v) is 5.25. The molecule has 0 bridgehead atoms. The average Bonchev–Trinajstić information content (AvgIpc) is 2.63. The van der Waals surface area contributed by atoms with Gasteiger partial charge in [0, 0.05) is 11.5 Å². The molecule has 0 aliphatic rings. The molecule has 1 heterocycles. The van der Waals surface area contributed by atoms with Gasteiger partial charge >= 0.3 is 0 Å². The second-order valence-corrected chi connectivity index (χ2v) is 4.17. The first-order chi connectivity index (χ1) is 7.18. The van der Waals surface area contributed by atoms with Crippen LogP contribution in [0.2, 0.25) is 0 Å². The van der Waals surface area contributed by atoms with Crippen LogP contribution in [-0.2, 0) is 7.05 Å². The molecule has 78 valence electrons. The molecule has 0 saturated carbocycles. The maximum absolute atomic E-state index is 10.0. The maximum atomic E-state index is 10.0. The standard InChI is InChI=1S/C10H10BrN3O/c1-14-6-12-13-10(14)9(15)7-3-2-4-8(11)5-7/h2-6,9,15H,1H3. The fourth-order valence-corrected chi connectivity index (χ4v) is 1.78. The fourth-order valence-electron chi connectivity index (χ4n) is 1.37. The largest absolute Gasteiger partial charge is 0.380 e. The van der Waals surface area contributed by atoms with E-state index in [1.54, 1.807) is 17.9 Å². The van der Waals surface area contributed by atoms with E-state index in [0.717, 1.165) is 10.0 Å². The monoisotopic (exact) mass is 267 g/mol. The Hall–Kier alpha value is -1.20. The van der Waals surface area contributed by atoms with Gasteiger partial charge in [-0.25, -0.2) is 0 Å². The van der Waals surface area contributed by atoms with Crippen molar-refractivity contribution in [2.45, 2.75) is 6.10 Å². The highest BCUT2D eigenvalue weighted by atomic mass is 79.9. The van der Waals surface area contributed by atoms with Crippen molar-refractivity contribution < 1.29 is 5.11 Å². The molecule has 15 heavy (non-hydrogen) atoms. The van der Waals surface area contributed by atoms with Crippen molar-refractivity contribution in [3.63, 3.8) is 0 Å². The molecular weight excluding hydrogens is 258 g/mol. The number of aromatic nitrogens is 3. The van der Waals surface area contributed by atoms with Crippen molar-refractivity contribution in [3.8, 4) is 0 Å². The molecule has 0 spiro atoms. The number of aliphatic hydroxyl groups is 1. The quantitative estimate of drug-likeness (QED) is 0.901. The molecule has 4 nitrogen and oxygen atoms in total. The van der Waals surface area contributed by atoms with E-state index in [2.05, 4.69) is 26.1 Å². The molecule has 1 atom stereocenters. The average molecular weight is 268 g/mol. The van der Waals surface area contributed by atoms with E-state index in [4.69, 9.17) is 0 Å². The Morgan fingerprint density at radius 2 is 2.27 bits per heavy atom. The lowest BCUT2D eigenvalue weighted by atomic mass is 10.1. The summed E-state index contributed by atoms with van der Waals surface area (Å²) in [7, 11) is 1.80. The Balaban J connectivity index is 2.36. The minimum absolute atomic E-state index is 0.535. The van der Waals surface area contributed by atoms with E-state index < -0.39 is 6.10 Å². The minimum atomic E-state index is -0.741. The van der Waals surface area contributed by atoms with E-state index >= 15 is 0 Å². The third-order valence-electron chi connectivity index (χ3n) is 2.16. The van der Waals surface area contributed by atoms with E-state index in [9.17, 15) is 5.11 Å². The lowest BCUT2D eigenvalue weighted by Gasteiger charge is -2.09. The molecule has 5 heteroatoms. The lowest BCUT2D eigenvalue weighted by Crippen LogP contribution is -2.06. The Labute approximate surface area is 95.7 Å². The smallest absolute Gasteiger partial charge is 0.166 e. The molecule has 0 amide bonds. The number of aryl methyl sites for hydroxylation is 1. The topological polar surface area (TPSA) is 50.9 Å². The molecule has 2 aromatic rings. The molecule has 0 saturated heterocycles. The maximum Gasteiger partial charge on any atom is 0.166 e. The van der Waals surface area contributed by atoms with Gasteiger partial charge in [-0.3, -0.25) is 0 Å². The summed E-state index contributed by atoms with van der Waals surface area (Å²) >= 11 is 3.36. The second-order valence-electron chi connectivity index (χ2n) is 3.26. The van der Waals surface area contributed by atoms with Crippen LogP contribution in [0.25, 0.3) is 0 Å². The summed E-state index contributed by atoms with van der Waals surface area (Å²) in [6.45, 7) is 0. The van der Waals surface area contributed by atoms with Crippen molar-refractivity contribution in [3.05, 3.63) is 46.5 Å². The van der Waals surface area contributed by atoms with Gasteiger partial charge in [0.25, 0.3) is 0 Å². The Bertz CT molecular complexity index is 469. The summed E-state index contributed by atoms with van der Waals surface area (Å²) in [5.41, 5.74) is 0.792. The van der Waals surface area contributed by atoms with Crippen LogP contribution in [0.1, 0.15) is 17.5 Å². The summed E-state index contributed by atoms with van der Waals surface area (Å²) in [5.74, 6) is 0.535. The van der Waals surface area contributed by atoms with Gasteiger partial charge in [0.2, 0.25) is 0 Å². The molecule has 1 unspecified atom stereocenters. The summed E-state index contributed by atoms with van der Waals surface area (Å²) < 4.78 is 2.63. The van der Waals surface area contributed by atoms with Crippen molar-refractivity contribution in [2.75, 3.05) is 0 Å². The molecule has 0 fully saturated rings. The van der Waals surface area contributed by atoms with Crippen molar-refractivity contribution in [1.82, 2.24) is 14.8 Å². The predicted octanol–water partition coefficient (Wildman–Crippen LogP) is 1.66. The van der Waals surface area contributed by atoms with Gasteiger partial charge < -0.3 is 9.67 Å². The summed E-state index contributed by atoms with van der Waals surface area (Å²) in [6, 6.07) is 7.50. The zero-order chi connectivity index (χ0) is 10.8. The van der Waals surface area contributed by atoms with Crippen LogP contribution in [0.15, 0.2) is 35.1 Å². The van der Waals surface area contributed by atoms with Crippen LogP contribution in [0, 0.1) is 0 Å². The predicted molar refractivity (Wildman–Crippen MR) is 59.2 cm³/mol. The molecule has 2 rings (SSSR count). The zero-order valence-corrected chi connectivity index (χ0v) is 9.72. The summed E-state index contributed by atoms with van der Waals surface area (Å²) in [4.78, 5) is 0. The Kier molecular flexibility index (Phi) is 2.83. The highest BCUT2D eigenvalue weighted by Crippen LogP contribution is 2.22. The fraction of sp³-hybridized carbons (Fsp3) is 0.200. The van der Waals surface area contributed by atoms with Crippen LogP contribution < -0.4 is 0 Å². The molecule has 1 aromatic carbocycles.